The maximum atomic E-state index is 6.81. The van der Waals surface area contributed by atoms with Crippen molar-refractivity contribution in [1.29, 1.82) is 5.41 Å². The third-order valence-corrected chi connectivity index (χ3v) is 2.20. The van der Waals surface area contributed by atoms with Crippen molar-refractivity contribution in [1.82, 2.24) is 5.32 Å². The summed E-state index contributed by atoms with van der Waals surface area (Å²) in [6, 6.07) is 0. The van der Waals surface area contributed by atoms with Gasteiger partial charge in [0.15, 0.2) is 0 Å². The van der Waals surface area contributed by atoms with Crippen molar-refractivity contribution in [3.8, 4) is 0 Å². The van der Waals surface area contributed by atoms with Crippen LogP contribution in [0.25, 0.3) is 0 Å². The Kier molecular flexibility index (Phi) is 4.32. The van der Waals surface area contributed by atoms with Crippen molar-refractivity contribution >= 4 is 6.21 Å². The summed E-state index contributed by atoms with van der Waals surface area (Å²) in [5.41, 5.74) is 5.57. The van der Waals surface area contributed by atoms with Gasteiger partial charge in [0, 0.05) is 26.0 Å². The number of allylic oxidation sites excluding steroid dienone is 1. The van der Waals surface area contributed by atoms with Crippen LogP contribution in [0, 0.1) is 11.3 Å². The topological polar surface area (TPSA) is 71.1 Å². The summed E-state index contributed by atoms with van der Waals surface area (Å²) in [5, 5.41) is 9.90. The molecule has 0 aromatic rings. The minimum Gasteiger partial charge on any atom is -0.385 e. The zero-order valence-electron chi connectivity index (χ0n) is 7.75. The molecule has 74 valence electrons. The predicted molar refractivity (Wildman–Crippen MR) is 52.6 cm³/mol. The van der Waals surface area contributed by atoms with Crippen LogP contribution < -0.4 is 11.1 Å². The fourth-order valence-corrected chi connectivity index (χ4v) is 1.36. The number of nitrogens with one attached hydrogen (secondary N) is 2. The molecule has 0 atom stereocenters. The summed E-state index contributed by atoms with van der Waals surface area (Å²) >= 11 is 0. The number of nitrogens with two attached hydrogens (primary N) is 1. The smallest absolute Gasteiger partial charge is 0.0975 e. The van der Waals surface area contributed by atoms with E-state index >= 15 is 0 Å². The second-order valence-corrected chi connectivity index (χ2v) is 3.23. The minimum absolute atomic E-state index is 0.571. The molecular weight excluding hydrogens is 166 g/mol. The van der Waals surface area contributed by atoms with Crippen molar-refractivity contribution in [2.75, 3.05) is 19.8 Å². The average molecular weight is 183 g/mol. The lowest BCUT2D eigenvalue weighted by atomic mass is 10.0. The molecule has 0 saturated carbocycles. The van der Waals surface area contributed by atoms with E-state index in [9.17, 15) is 0 Å². The summed E-state index contributed by atoms with van der Waals surface area (Å²) in [7, 11) is 0. The molecule has 0 aromatic carbocycles. The predicted octanol–water partition coefficient (Wildman–Crippen LogP) is 0.452. The molecule has 0 aliphatic carbocycles. The van der Waals surface area contributed by atoms with Gasteiger partial charge in [-0.25, -0.2) is 0 Å². The first-order valence-electron chi connectivity index (χ1n) is 4.61. The average Bonchev–Trinajstić information content (AvgIpc) is 2.17. The van der Waals surface area contributed by atoms with Gasteiger partial charge in [0.2, 0.25) is 0 Å². The van der Waals surface area contributed by atoms with E-state index in [1.165, 1.54) is 6.21 Å². The van der Waals surface area contributed by atoms with Crippen LogP contribution in [-0.4, -0.2) is 26.0 Å². The molecule has 0 amide bonds. The number of ether oxygens (including phenoxy) is 1. The first kappa shape index (κ1) is 10.1. The summed E-state index contributed by atoms with van der Waals surface area (Å²) < 4.78 is 5.24. The highest BCUT2D eigenvalue weighted by molar-refractivity contribution is 5.68. The highest BCUT2D eigenvalue weighted by Crippen LogP contribution is 2.13. The lowest BCUT2D eigenvalue weighted by molar-refractivity contribution is 0.0670. The molecule has 1 rings (SSSR count). The van der Waals surface area contributed by atoms with E-state index in [1.807, 2.05) is 0 Å². The largest absolute Gasteiger partial charge is 0.385 e. The molecule has 0 bridgehead atoms. The van der Waals surface area contributed by atoms with Crippen molar-refractivity contribution in [3.63, 3.8) is 0 Å². The number of rotatable bonds is 4. The quantitative estimate of drug-likeness (QED) is 0.554. The van der Waals surface area contributed by atoms with E-state index in [1.54, 1.807) is 6.08 Å². The Bertz CT molecular complexity index is 185. The van der Waals surface area contributed by atoms with E-state index in [0.717, 1.165) is 32.6 Å². The second-order valence-electron chi connectivity index (χ2n) is 3.23. The molecule has 4 heteroatoms. The molecule has 4 nitrogen and oxygen atoms in total. The zero-order valence-corrected chi connectivity index (χ0v) is 7.75. The maximum absolute atomic E-state index is 6.81. The molecule has 1 heterocycles. The van der Waals surface area contributed by atoms with Crippen LogP contribution in [0.5, 0.6) is 0 Å². The van der Waals surface area contributed by atoms with Crippen molar-refractivity contribution < 1.29 is 4.74 Å². The molecule has 4 N–H and O–H groups in total. The first-order chi connectivity index (χ1) is 6.33. The van der Waals surface area contributed by atoms with E-state index in [-0.39, 0.29) is 0 Å². The third kappa shape index (κ3) is 3.94. The molecule has 1 aliphatic heterocycles. The maximum Gasteiger partial charge on any atom is 0.0975 e. The molecule has 0 spiro atoms. The normalized spacial score (nSPS) is 19.8. The molecule has 0 unspecified atom stereocenters. The highest BCUT2D eigenvalue weighted by atomic mass is 16.5. The Morgan fingerprint density at radius 3 is 2.85 bits per heavy atom. The fraction of sp³-hybridized carbons (Fsp3) is 0.667. The van der Waals surface area contributed by atoms with Gasteiger partial charge in [-0.1, -0.05) is 0 Å². The Balaban J connectivity index is 2.17. The van der Waals surface area contributed by atoms with Gasteiger partial charge in [0.05, 0.1) is 5.82 Å². The van der Waals surface area contributed by atoms with Gasteiger partial charge >= 0.3 is 0 Å². The van der Waals surface area contributed by atoms with E-state index in [4.69, 9.17) is 15.9 Å². The summed E-state index contributed by atoms with van der Waals surface area (Å²) in [6.45, 7) is 2.61. The van der Waals surface area contributed by atoms with Gasteiger partial charge in [0.25, 0.3) is 0 Å². The summed E-state index contributed by atoms with van der Waals surface area (Å²) in [6.07, 6.45) is 4.95. The second kappa shape index (κ2) is 5.59. The number of hydrogen-bond donors (Lipinski definition) is 3. The van der Waals surface area contributed by atoms with Crippen LogP contribution in [0.1, 0.15) is 12.8 Å². The minimum atomic E-state index is 0.571. The van der Waals surface area contributed by atoms with Crippen LogP contribution in [0.3, 0.4) is 0 Å². The van der Waals surface area contributed by atoms with E-state index in [0.29, 0.717) is 11.7 Å². The van der Waals surface area contributed by atoms with E-state index < -0.39 is 0 Å². The van der Waals surface area contributed by atoms with Gasteiger partial charge in [0.1, 0.15) is 0 Å². The van der Waals surface area contributed by atoms with Crippen LogP contribution in [0.4, 0.5) is 0 Å². The lowest BCUT2D eigenvalue weighted by Crippen LogP contribution is -2.30. The Morgan fingerprint density at radius 1 is 1.54 bits per heavy atom. The summed E-state index contributed by atoms with van der Waals surface area (Å²) in [5.74, 6) is 1.23. The van der Waals surface area contributed by atoms with Gasteiger partial charge < -0.3 is 21.2 Å². The Hall–Kier alpha value is -1.03. The van der Waals surface area contributed by atoms with Crippen LogP contribution >= 0.6 is 0 Å². The highest BCUT2D eigenvalue weighted by Gasteiger charge is 2.12. The number of hydrogen-bond acceptors (Lipinski definition) is 4. The van der Waals surface area contributed by atoms with Crippen LogP contribution in [0.15, 0.2) is 11.9 Å². The lowest BCUT2D eigenvalue weighted by Gasteiger charge is -2.22. The molecule has 0 aromatic heterocycles. The standard InChI is InChI=1S/C9H17N3O/c10-4-1-9(11)12-7-8-2-5-13-6-3-8/h1,4,8,10,12H,2-3,5-7,11H2/b9-1+,10-4?. The van der Waals surface area contributed by atoms with Crippen LogP contribution in [-0.2, 0) is 4.74 Å². The molecule has 0 radical (unpaired) electrons. The Labute approximate surface area is 78.7 Å². The molecule has 1 saturated heterocycles. The summed E-state index contributed by atoms with van der Waals surface area (Å²) in [4.78, 5) is 0. The molecule has 1 aliphatic rings. The van der Waals surface area contributed by atoms with Crippen molar-refractivity contribution in [2.45, 2.75) is 12.8 Å². The monoisotopic (exact) mass is 183 g/mol. The van der Waals surface area contributed by atoms with Crippen LogP contribution in [0.2, 0.25) is 0 Å². The van der Waals surface area contributed by atoms with Gasteiger partial charge in [-0.2, -0.15) is 0 Å². The van der Waals surface area contributed by atoms with Gasteiger partial charge in [-0.3, -0.25) is 0 Å². The fourth-order valence-electron chi connectivity index (χ4n) is 1.36. The zero-order chi connectivity index (χ0) is 9.52. The third-order valence-electron chi connectivity index (χ3n) is 2.20. The van der Waals surface area contributed by atoms with Gasteiger partial charge in [-0.15, -0.1) is 0 Å². The first-order valence-corrected chi connectivity index (χ1v) is 4.61. The van der Waals surface area contributed by atoms with E-state index in [2.05, 4.69) is 5.32 Å². The molecular formula is C9H17N3O. The molecule has 13 heavy (non-hydrogen) atoms. The van der Waals surface area contributed by atoms with Crippen molar-refractivity contribution in [3.05, 3.63) is 11.9 Å². The SMILES string of the molecule is N=C/C=C(\N)NCC1CCOCC1. The molecule has 1 fully saturated rings. The Morgan fingerprint density at radius 2 is 2.23 bits per heavy atom. The van der Waals surface area contributed by atoms with Gasteiger partial charge in [-0.05, 0) is 24.8 Å². The van der Waals surface area contributed by atoms with Crippen molar-refractivity contribution in [2.24, 2.45) is 11.7 Å².